The second-order valence-corrected chi connectivity index (χ2v) is 8.16. The first kappa shape index (κ1) is 20.5. The molecule has 150 valence electrons. The fourth-order valence-electron chi connectivity index (χ4n) is 2.85. The van der Waals surface area contributed by atoms with Gasteiger partial charge in [-0.05, 0) is 41.5 Å². The molecule has 0 heterocycles. The van der Waals surface area contributed by atoms with E-state index in [9.17, 15) is 17.6 Å². The van der Waals surface area contributed by atoms with Crippen molar-refractivity contribution in [3.8, 4) is 5.75 Å². The fraction of sp³-hybridized carbons (Fsp3) is 0.136. The molecule has 0 aliphatic heterocycles. The van der Waals surface area contributed by atoms with Gasteiger partial charge in [0, 0.05) is 18.7 Å². The quantitative estimate of drug-likeness (QED) is 0.549. The van der Waals surface area contributed by atoms with Crippen LogP contribution >= 0.6 is 0 Å². The van der Waals surface area contributed by atoms with E-state index in [1.165, 1.54) is 30.3 Å². The minimum atomic E-state index is -3.61. The largest absolute Gasteiger partial charge is 0.383 e. The first-order valence-electron chi connectivity index (χ1n) is 8.87. The monoisotopic (exact) mass is 413 g/mol. The molecule has 0 unspecified atom stereocenters. The number of amides is 1. The van der Waals surface area contributed by atoms with Crippen LogP contribution in [0.1, 0.15) is 21.5 Å². The number of hydrogen-bond donors (Lipinski definition) is 0. The first-order valence-corrected chi connectivity index (χ1v) is 10.7. The zero-order chi connectivity index (χ0) is 20.9. The van der Waals surface area contributed by atoms with E-state index in [4.69, 9.17) is 4.18 Å². The summed E-state index contributed by atoms with van der Waals surface area (Å²) in [5, 5.41) is 0. The Morgan fingerprint density at radius 1 is 0.897 bits per heavy atom. The molecule has 0 bridgehead atoms. The molecule has 3 rings (SSSR count). The Bertz CT molecular complexity index is 1080. The lowest BCUT2D eigenvalue weighted by atomic mass is 10.1. The van der Waals surface area contributed by atoms with Gasteiger partial charge < -0.3 is 9.08 Å². The van der Waals surface area contributed by atoms with Crippen LogP contribution < -0.4 is 4.18 Å². The van der Waals surface area contributed by atoms with E-state index in [0.29, 0.717) is 6.54 Å². The highest BCUT2D eigenvalue weighted by molar-refractivity contribution is 7.86. The predicted octanol–water partition coefficient (Wildman–Crippen LogP) is 4.01. The molecule has 7 heteroatoms. The highest BCUT2D eigenvalue weighted by Gasteiger charge is 2.17. The van der Waals surface area contributed by atoms with Crippen LogP contribution in [0.25, 0.3) is 0 Å². The molecule has 0 aromatic heterocycles. The Kier molecular flexibility index (Phi) is 6.29. The van der Waals surface area contributed by atoms with Gasteiger partial charge in [0.25, 0.3) is 5.91 Å². The summed E-state index contributed by atoms with van der Waals surface area (Å²) in [4.78, 5) is 14.6. The third-order valence-electron chi connectivity index (χ3n) is 4.12. The van der Waals surface area contributed by atoms with Crippen LogP contribution in [-0.4, -0.2) is 25.5 Å². The van der Waals surface area contributed by atoms with E-state index < -0.39 is 15.9 Å². The van der Waals surface area contributed by atoms with Crippen LogP contribution in [0.4, 0.5) is 4.39 Å². The summed E-state index contributed by atoms with van der Waals surface area (Å²) in [6.07, 6.45) is 0.972. The van der Waals surface area contributed by atoms with E-state index in [0.717, 1.165) is 17.4 Å². The molecule has 29 heavy (non-hydrogen) atoms. The smallest absolute Gasteiger partial charge is 0.306 e. The fourth-order valence-corrected chi connectivity index (χ4v) is 3.31. The number of rotatable bonds is 7. The molecule has 3 aromatic carbocycles. The highest BCUT2D eigenvalue weighted by atomic mass is 32.2. The van der Waals surface area contributed by atoms with Crippen LogP contribution in [0.15, 0.2) is 78.9 Å². The molecule has 5 nitrogen and oxygen atoms in total. The van der Waals surface area contributed by atoms with Crippen LogP contribution in [0.2, 0.25) is 0 Å². The SMILES string of the molecule is CS(=O)(=O)Oc1ccc(CN(Cc2ccccc2)C(=O)c2cccc(F)c2)cc1. The Labute approximate surface area is 169 Å². The topological polar surface area (TPSA) is 63.7 Å². The molecule has 0 saturated carbocycles. The Balaban J connectivity index is 1.84. The number of halogens is 1. The van der Waals surface area contributed by atoms with Crippen molar-refractivity contribution in [2.45, 2.75) is 13.1 Å². The maximum Gasteiger partial charge on any atom is 0.306 e. The van der Waals surface area contributed by atoms with Crippen molar-refractivity contribution in [2.75, 3.05) is 6.26 Å². The van der Waals surface area contributed by atoms with Crippen LogP contribution in [0.3, 0.4) is 0 Å². The average molecular weight is 413 g/mol. The minimum absolute atomic E-state index is 0.197. The molecule has 0 fully saturated rings. The molecule has 3 aromatic rings. The predicted molar refractivity (Wildman–Crippen MR) is 108 cm³/mol. The molecule has 1 amide bonds. The number of hydrogen-bond acceptors (Lipinski definition) is 4. The maximum absolute atomic E-state index is 13.6. The molecule has 0 aliphatic rings. The molecule has 0 atom stereocenters. The Hall–Kier alpha value is -3.19. The van der Waals surface area contributed by atoms with Gasteiger partial charge in [0.15, 0.2) is 0 Å². The van der Waals surface area contributed by atoms with Gasteiger partial charge in [-0.25, -0.2) is 4.39 Å². The molecular weight excluding hydrogens is 393 g/mol. The van der Waals surface area contributed by atoms with Crippen LogP contribution in [-0.2, 0) is 23.2 Å². The standard InChI is InChI=1S/C22H20FNO4S/c1-29(26,27)28-21-12-10-18(11-13-21)16-24(15-17-6-3-2-4-7-17)22(25)19-8-5-9-20(23)14-19/h2-14H,15-16H2,1H3. The normalized spacial score (nSPS) is 11.1. The van der Waals surface area contributed by atoms with Crippen LogP contribution in [0.5, 0.6) is 5.75 Å². The van der Waals surface area contributed by atoms with Gasteiger partial charge in [0.1, 0.15) is 11.6 Å². The summed E-state index contributed by atoms with van der Waals surface area (Å²) < 4.78 is 40.9. The van der Waals surface area contributed by atoms with Crippen molar-refractivity contribution in [1.29, 1.82) is 0 Å². The zero-order valence-corrected chi connectivity index (χ0v) is 16.6. The van der Waals surface area contributed by atoms with Crippen molar-refractivity contribution >= 4 is 16.0 Å². The lowest BCUT2D eigenvalue weighted by Crippen LogP contribution is -2.30. The molecule has 0 aliphatic carbocycles. The van der Waals surface area contributed by atoms with Crippen molar-refractivity contribution in [3.05, 3.63) is 101 Å². The van der Waals surface area contributed by atoms with Crippen molar-refractivity contribution < 1.29 is 21.8 Å². The number of carbonyl (C=O) groups excluding carboxylic acids is 1. The van der Waals surface area contributed by atoms with Gasteiger partial charge in [0.2, 0.25) is 0 Å². The summed E-state index contributed by atoms with van der Waals surface area (Å²) in [5.41, 5.74) is 1.98. The molecular formula is C22H20FNO4S. The lowest BCUT2D eigenvalue weighted by molar-refractivity contribution is 0.0729. The molecule has 0 spiro atoms. The van der Waals surface area contributed by atoms with E-state index in [-0.39, 0.29) is 23.8 Å². The van der Waals surface area contributed by atoms with E-state index in [1.54, 1.807) is 23.1 Å². The van der Waals surface area contributed by atoms with Crippen molar-refractivity contribution in [3.63, 3.8) is 0 Å². The third-order valence-corrected chi connectivity index (χ3v) is 4.61. The van der Waals surface area contributed by atoms with E-state index >= 15 is 0 Å². The van der Waals surface area contributed by atoms with Gasteiger partial charge in [0.05, 0.1) is 6.26 Å². The van der Waals surface area contributed by atoms with Crippen LogP contribution in [0, 0.1) is 5.82 Å². The molecule has 0 radical (unpaired) electrons. The number of benzene rings is 3. The van der Waals surface area contributed by atoms with Crippen molar-refractivity contribution in [2.24, 2.45) is 0 Å². The van der Waals surface area contributed by atoms with E-state index in [1.807, 2.05) is 30.3 Å². The summed E-state index contributed by atoms with van der Waals surface area (Å²) in [6.45, 7) is 0.612. The minimum Gasteiger partial charge on any atom is -0.383 e. The lowest BCUT2D eigenvalue weighted by Gasteiger charge is -2.23. The Morgan fingerprint density at radius 3 is 2.10 bits per heavy atom. The molecule has 0 N–H and O–H groups in total. The number of carbonyl (C=O) groups is 1. The van der Waals surface area contributed by atoms with Gasteiger partial charge in [-0.1, -0.05) is 48.5 Å². The second kappa shape index (κ2) is 8.87. The van der Waals surface area contributed by atoms with Gasteiger partial charge in [-0.15, -0.1) is 0 Å². The zero-order valence-electron chi connectivity index (χ0n) is 15.8. The van der Waals surface area contributed by atoms with Gasteiger partial charge in [-0.3, -0.25) is 4.79 Å². The summed E-state index contributed by atoms with van der Waals surface area (Å²) >= 11 is 0. The van der Waals surface area contributed by atoms with Gasteiger partial charge >= 0.3 is 10.1 Å². The summed E-state index contributed by atoms with van der Waals surface area (Å²) in [6, 6.07) is 21.5. The Morgan fingerprint density at radius 2 is 1.52 bits per heavy atom. The summed E-state index contributed by atoms with van der Waals surface area (Å²) in [7, 11) is -3.61. The average Bonchev–Trinajstić information content (AvgIpc) is 2.68. The third kappa shape index (κ3) is 6.15. The van der Waals surface area contributed by atoms with E-state index in [2.05, 4.69) is 0 Å². The second-order valence-electron chi connectivity index (χ2n) is 6.59. The maximum atomic E-state index is 13.6. The summed E-state index contributed by atoms with van der Waals surface area (Å²) in [5.74, 6) is -0.579. The first-order chi connectivity index (χ1) is 13.8. The van der Waals surface area contributed by atoms with Gasteiger partial charge in [-0.2, -0.15) is 8.42 Å². The number of nitrogens with zero attached hydrogens (tertiary/aromatic N) is 1. The highest BCUT2D eigenvalue weighted by Crippen LogP contribution is 2.18. The van der Waals surface area contributed by atoms with Crippen molar-refractivity contribution in [1.82, 2.24) is 4.90 Å². The molecule has 0 saturated heterocycles.